The lowest BCUT2D eigenvalue weighted by atomic mass is 10.1. The summed E-state index contributed by atoms with van der Waals surface area (Å²) in [6, 6.07) is 15.6. The zero-order valence-electron chi connectivity index (χ0n) is 14.5. The maximum atomic E-state index is 12.5. The molecule has 0 unspecified atom stereocenters. The van der Waals surface area contributed by atoms with Crippen LogP contribution in [0.15, 0.2) is 54.6 Å². The van der Waals surface area contributed by atoms with E-state index in [0.29, 0.717) is 12.0 Å². The van der Waals surface area contributed by atoms with Crippen LogP contribution in [-0.4, -0.2) is 36.0 Å². The Labute approximate surface area is 151 Å². The van der Waals surface area contributed by atoms with Crippen molar-refractivity contribution in [2.75, 3.05) is 7.11 Å². The van der Waals surface area contributed by atoms with Gasteiger partial charge in [0.1, 0.15) is 6.04 Å². The molecule has 6 heteroatoms. The first-order chi connectivity index (χ1) is 12.6. The predicted octanol–water partition coefficient (Wildman–Crippen LogP) is 2.53. The van der Waals surface area contributed by atoms with Crippen molar-refractivity contribution in [2.24, 2.45) is 0 Å². The van der Waals surface area contributed by atoms with E-state index >= 15 is 0 Å². The Kier molecular flexibility index (Phi) is 5.31. The molecule has 3 amide bonds. The molecule has 0 saturated carbocycles. The standard InChI is InChI=1S/C20H20N2O4/c1-26-19(24)16-10-7-15(8-11-16)13-22-18(23)17(21-20(22)25)12-9-14-5-3-2-4-6-14/h2-8,10-11,17H,9,12-13H2,1H3,(H,21,25)/t17-/m0/s1. The smallest absolute Gasteiger partial charge is 0.337 e. The summed E-state index contributed by atoms with van der Waals surface area (Å²) in [5, 5.41) is 2.75. The van der Waals surface area contributed by atoms with Gasteiger partial charge < -0.3 is 10.1 Å². The Morgan fingerprint density at radius 2 is 1.73 bits per heavy atom. The molecule has 1 fully saturated rings. The molecule has 0 bridgehead atoms. The summed E-state index contributed by atoms with van der Waals surface area (Å²) in [5.74, 6) is -0.643. The number of carbonyl (C=O) groups excluding carboxylic acids is 3. The molecular formula is C20H20N2O4. The molecule has 26 heavy (non-hydrogen) atoms. The van der Waals surface area contributed by atoms with Gasteiger partial charge in [-0.25, -0.2) is 9.59 Å². The molecule has 3 rings (SSSR count). The third-order valence-corrected chi connectivity index (χ3v) is 4.39. The molecule has 1 N–H and O–H groups in total. The first-order valence-corrected chi connectivity index (χ1v) is 8.41. The number of nitrogens with one attached hydrogen (secondary N) is 1. The normalized spacial score (nSPS) is 16.5. The summed E-state index contributed by atoms with van der Waals surface area (Å²) in [4.78, 5) is 37.3. The molecule has 0 aliphatic carbocycles. The number of urea groups is 1. The van der Waals surface area contributed by atoms with Crippen molar-refractivity contribution < 1.29 is 19.1 Å². The van der Waals surface area contributed by atoms with Crippen molar-refractivity contribution in [3.63, 3.8) is 0 Å². The van der Waals surface area contributed by atoms with E-state index < -0.39 is 12.0 Å². The number of rotatable bonds is 6. The fraction of sp³-hybridized carbons (Fsp3) is 0.250. The van der Waals surface area contributed by atoms with Crippen LogP contribution < -0.4 is 5.32 Å². The van der Waals surface area contributed by atoms with Crippen LogP contribution in [0.25, 0.3) is 0 Å². The fourth-order valence-electron chi connectivity index (χ4n) is 2.92. The predicted molar refractivity (Wildman–Crippen MR) is 95.4 cm³/mol. The molecule has 1 atom stereocenters. The maximum Gasteiger partial charge on any atom is 0.337 e. The quantitative estimate of drug-likeness (QED) is 0.640. The first kappa shape index (κ1) is 17.7. The van der Waals surface area contributed by atoms with Gasteiger partial charge in [-0.3, -0.25) is 9.69 Å². The highest BCUT2D eigenvalue weighted by Gasteiger charge is 2.37. The molecule has 0 aromatic heterocycles. The highest BCUT2D eigenvalue weighted by molar-refractivity contribution is 6.04. The van der Waals surface area contributed by atoms with Gasteiger partial charge in [-0.15, -0.1) is 0 Å². The summed E-state index contributed by atoms with van der Waals surface area (Å²) in [6.07, 6.45) is 1.28. The van der Waals surface area contributed by atoms with E-state index in [1.807, 2.05) is 30.3 Å². The zero-order chi connectivity index (χ0) is 18.5. The van der Waals surface area contributed by atoms with Crippen molar-refractivity contribution in [1.29, 1.82) is 0 Å². The average molecular weight is 352 g/mol. The second-order valence-electron chi connectivity index (χ2n) is 6.14. The Morgan fingerprint density at radius 3 is 2.38 bits per heavy atom. The van der Waals surface area contributed by atoms with Crippen LogP contribution in [0.3, 0.4) is 0 Å². The number of hydrogen-bond donors (Lipinski definition) is 1. The monoisotopic (exact) mass is 352 g/mol. The third kappa shape index (κ3) is 3.91. The number of ether oxygens (including phenoxy) is 1. The van der Waals surface area contributed by atoms with Gasteiger partial charge in [-0.05, 0) is 36.1 Å². The van der Waals surface area contributed by atoms with Gasteiger partial charge in [0.15, 0.2) is 0 Å². The van der Waals surface area contributed by atoms with E-state index in [4.69, 9.17) is 0 Å². The van der Waals surface area contributed by atoms with E-state index in [2.05, 4.69) is 10.1 Å². The summed E-state index contributed by atoms with van der Waals surface area (Å²) in [7, 11) is 1.32. The minimum Gasteiger partial charge on any atom is -0.465 e. The summed E-state index contributed by atoms with van der Waals surface area (Å²) < 4.78 is 4.65. The lowest BCUT2D eigenvalue weighted by molar-refractivity contribution is -0.128. The molecular weight excluding hydrogens is 332 g/mol. The molecule has 1 heterocycles. The van der Waals surface area contributed by atoms with E-state index in [9.17, 15) is 14.4 Å². The molecule has 2 aromatic carbocycles. The van der Waals surface area contributed by atoms with Crippen LogP contribution in [0.5, 0.6) is 0 Å². The second kappa shape index (κ2) is 7.82. The lowest BCUT2D eigenvalue weighted by Gasteiger charge is -2.13. The first-order valence-electron chi connectivity index (χ1n) is 8.41. The lowest BCUT2D eigenvalue weighted by Crippen LogP contribution is -2.31. The van der Waals surface area contributed by atoms with Crippen LogP contribution in [-0.2, 0) is 22.5 Å². The Bertz CT molecular complexity index is 802. The van der Waals surface area contributed by atoms with Crippen molar-refractivity contribution in [1.82, 2.24) is 10.2 Å². The van der Waals surface area contributed by atoms with Crippen LogP contribution in [0.1, 0.15) is 27.9 Å². The SMILES string of the molecule is COC(=O)c1ccc(CN2C(=O)N[C@@H](CCc3ccccc3)C2=O)cc1. The van der Waals surface area contributed by atoms with Gasteiger partial charge in [0.05, 0.1) is 19.2 Å². The van der Waals surface area contributed by atoms with Crippen LogP contribution >= 0.6 is 0 Å². The van der Waals surface area contributed by atoms with Crippen molar-refractivity contribution in [3.8, 4) is 0 Å². The Balaban J connectivity index is 1.61. The van der Waals surface area contributed by atoms with E-state index in [1.54, 1.807) is 24.3 Å². The van der Waals surface area contributed by atoms with Gasteiger partial charge >= 0.3 is 12.0 Å². The third-order valence-electron chi connectivity index (χ3n) is 4.39. The minimum atomic E-state index is -0.503. The highest BCUT2D eigenvalue weighted by Crippen LogP contribution is 2.16. The minimum absolute atomic E-state index is 0.175. The van der Waals surface area contributed by atoms with Crippen LogP contribution in [0.2, 0.25) is 0 Å². The molecule has 1 aliphatic rings. The van der Waals surface area contributed by atoms with Crippen molar-refractivity contribution >= 4 is 17.9 Å². The number of nitrogens with zero attached hydrogens (tertiary/aromatic N) is 1. The molecule has 1 aliphatic heterocycles. The molecule has 2 aromatic rings. The number of imide groups is 1. The summed E-state index contributed by atoms with van der Waals surface area (Å²) >= 11 is 0. The van der Waals surface area contributed by atoms with Gasteiger partial charge in [0.25, 0.3) is 5.91 Å². The summed E-state index contributed by atoms with van der Waals surface area (Å²) in [6.45, 7) is 0.175. The van der Waals surface area contributed by atoms with E-state index in [1.165, 1.54) is 12.0 Å². The summed E-state index contributed by atoms with van der Waals surface area (Å²) in [5.41, 5.74) is 2.32. The average Bonchev–Trinajstić information content (AvgIpc) is 2.94. The number of esters is 1. The Morgan fingerprint density at radius 1 is 1.04 bits per heavy atom. The van der Waals surface area contributed by atoms with Gasteiger partial charge in [-0.1, -0.05) is 42.5 Å². The molecule has 0 radical (unpaired) electrons. The number of amides is 3. The number of aryl methyl sites for hydroxylation is 1. The van der Waals surface area contributed by atoms with E-state index in [-0.39, 0.29) is 18.5 Å². The van der Waals surface area contributed by atoms with Gasteiger partial charge in [-0.2, -0.15) is 0 Å². The van der Waals surface area contributed by atoms with Gasteiger partial charge in [0, 0.05) is 0 Å². The van der Waals surface area contributed by atoms with Crippen LogP contribution in [0, 0.1) is 0 Å². The highest BCUT2D eigenvalue weighted by atomic mass is 16.5. The van der Waals surface area contributed by atoms with Gasteiger partial charge in [0.2, 0.25) is 0 Å². The molecule has 1 saturated heterocycles. The molecule has 134 valence electrons. The second-order valence-corrected chi connectivity index (χ2v) is 6.14. The maximum absolute atomic E-state index is 12.5. The number of carbonyl (C=O) groups is 3. The van der Waals surface area contributed by atoms with Crippen molar-refractivity contribution in [2.45, 2.75) is 25.4 Å². The topological polar surface area (TPSA) is 75.7 Å². The van der Waals surface area contributed by atoms with E-state index in [0.717, 1.165) is 17.5 Å². The van der Waals surface area contributed by atoms with Crippen molar-refractivity contribution in [3.05, 3.63) is 71.3 Å². The van der Waals surface area contributed by atoms with Crippen LogP contribution in [0.4, 0.5) is 4.79 Å². The number of hydrogen-bond acceptors (Lipinski definition) is 4. The number of methoxy groups -OCH3 is 1. The Hall–Kier alpha value is -3.15. The molecule has 6 nitrogen and oxygen atoms in total. The largest absolute Gasteiger partial charge is 0.465 e. The fourth-order valence-corrected chi connectivity index (χ4v) is 2.92. The molecule has 0 spiro atoms. The number of benzene rings is 2. The zero-order valence-corrected chi connectivity index (χ0v) is 14.5.